The van der Waals surface area contributed by atoms with Gasteiger partial charge in [0.1, 0.15) is 5.75 Å². The largest absolute Gasteiger partial charge is 0.493 e. The first-order chi connectivity index (χ1) is 11.4. The van der Waals surface area contributed by atoms with Crippen LogP contribution in [-0.4, -0.2) is 37.2 Å². The second-order valence-electron chi connectivity index (χ2n) is 7.60. The maximum atomic E-state index is 5.66. The van der Waals surface area contributed by atoms with Crippen LogP contribution < -0.4 is 10.1 Å². The third-order valence-corrected chi connectivity index (χ3v) is 5.93. The molecule has 1 N–H and O–H groups in total. The van der Waals surface area contributed by atoms with Crippen molar-refractivity contribution in [2.75, 3.05) is 26.2 Å². The Kier molecular flexibility index (Phi) is 4.86. The molecule has 0 amide bonds. The summed E-state index contributed by atoms with van der Waals surface area (Å²) in [5.74, 6) is 1.99. The number of nitrogens with zero attached hydrogens (tertiary/aromatic N) is 1. The minimum Gasteiger partial charge on any atom is -0.493 e. The van der Waals surface area contributed by atoms with Crippen molar-refractivity contribution in [2.45, 2.75) is 57.5 Å². The molecule has 3 heteroatoms. The van der Waals surface area contributed by atoms with Crippen molar-refractivity contribution in [1.82, 2.24) is 10.2 Å². The van der Waals surface area contributed by atoms with Crippen molar-refractivity contribution in [3.05, 3.63) is 29.3 Å². The molecule has 3 nitrogen and oxygen atoms in total. The first-order valence-corrected chi connectivity index (χ1v) is 9.58. The number of hydrogen-bond donors (Lipinski definition) is 1. The Labute approximate surface area is 140 Å². The molecule has 3 aliphatic rings. The SMILES string of the molecule is c1cc2c(cc1CN(CC1CCNCC1)C1CCCC1)CCO2. The molecular formula is C20H30N2O. The van der Waals surface area contributed by atoms with Crippen LogP contribution >= 0.6 is 0 Å². The molecule has 4 rings (SSSR count). The molecule has 0 unspecified atom stereocenters. The predicted octanol–water partition coefficient (Wildman–Crippen LogP) is 3.37. The standard InChI is InChI=1S/C20H30N2O/c1-2-4-19(3-1)22(14-16-7-10-21-11-8-16)15-17-5-6-20-18(13-17)9-12-23-20/h5-6,13,16,19,21H,1-4,7-12,14-15H2. The summed E-state index contributed by atoms with van der Waals surface area (Å²) < 4.78 is 5.66. The smallest absolute Gasteiger partial charge is 0.122 e. The summed E-state index contributed by atoms with van der Waals surface area (Å²) in [5, 5.41) is 3.50. The van der Waals surface area contributed by atoms with Gasteiger partial charge in [0.05, 0.1) is 6.61 Å². The monoisotopic (exact) mass is 314 g/mol. The van der Waals surface area contributed by atoms with Crippen LogP contribution in [0.2, 0.25) is 0 Å². The van der Waals surface area contributed by atoms with E-state index in [4.69, 9.17) is 4.74 Å². The first kappa shape index (κ1) is 15.5. The molecular weight excluding hydrogens is 284 g/mol. The van der Waals surface area contributed by atoms with Crippen molar-refractivity contribution in [2.24, 2.45) is 5.92 Å². The molecule has 1 aromatic rings. The van der Waals surface area contributed by atoms with Gasteiger partial charge in [-0.25, -0.2) is 0 Å². The molecule has 0 aromatic heterocycles. The van der Waals surface area contributed by atoms with Gasteiger partial charge >= 0.3 is 0 Å². The van der Waals surface area contributed by atoms with Crippen LogP contribution in [0.15, 0.2) is 18.2 Å². The van der Waals surface area contributed by atoms with E-state index in [0.29, 0.717) is 0 Å². The summed E-state index contributed by atoms with van der Waals surface area (Å²) in [6, 6.07) is 7.69. The number of hydrogen-bond acceptors (Lipinski definition) is 3. The maximum Gasteiger partial charge on any atom is 0.122 e. The van der Waals surface area contributed by atoms with Gasteiger partial charge in [0.25, 0.3) is 0 Å². The van der Waals surface area contributed by atoms with Gasteiger partial charge in [-0.3, -0.25) is 4.90 Å². The minimum atomic E-state index is 0.814. The van der Waals surface area contributed by atoms with E-state index in [-0.39, 0.29) is 0 Å². The molecule has 1 saturated heterocycles. The van der Waals surface area contributed by atoms with Gasteiger partial charge in [-0.05, 0) is 61.9 Å². The molecule has 2 aliphatic heterocycles. The van der Waals surface area contributed by atoms with E-state index in [1.54, 1.807) is 0 Å². The van der Waals surface area contributed by atoms with E-state index in [1.165, 1.54) is 69.3 Å². The highest BCUT2D eigenvalue weighted by atomic mass is 16.5. The van der Waals surface area contributed by atoms with E-state index in [9.17, 15) is 0 Å². The van der Waals surface area contributed by atoms with Crippen LogP contribution in [-0.2, 0) is 13.0 Å². The number of piperidine rings is 1. The van der Waals surface area contributed by atoms with Gasteiger partial charge in [-0.1, -0.05) is 25.0 Å². The molecule has 0 bridgehead atoms. The predicted molar refractivity (Wildman–Crippen MR) is 93.9 cm³/mol. The Morgan fingerprint density at radius 1 is 1.09 bits per heavy atom. The Hall–Kier alpha value is -1.06. The maximum absolute atomic E-state index is 5.66. The molecule has 0 spiro atoms. The zero-order valence-corrected chi connectivity index (χ0v) is 14.2. The summed E-state index contributed by atoms with van der Waals surface area (Å²) in [7, 11) is 0. The lowest BCUT2D eigenvalue weighted by atomic mass is 9.96. The van der Waals surface area contributed by atoms with E-state index < -0.39 is 0 Å². The van der Waals surface area contributed by atoms with Gasteiger partial charge in [-0.15, -0.1) is 0 Å². The molecule has 1 saturated carbocycles. The Bertz CT molecular complexity index is 518. The number of nitrogens with one attached hydrogen (secondary N) is 1. The molecule has 23 heavy (non-hydrogen) atoms. The fraction of sp³-hybridized carbons (Fsp3) is 0.700. The fourth-order valence-electron chi connectivity index (χ4n) is 4.58. The van der Waals surface area contributed by atoms with Gasteiger partial charge in [0.2, 0.25) is 0 Å². The average molecular weight is 314 g/mol. The number of ether oxygens (including phenoxy) is 1. The van der Waals surface area contributed by atoms with Crippen LogP contribution in [0, 0.1) is 5.92 Å². The summed E-state index contributed by atoms with van der Waals surface area (Å²) in [5.41, 5.74) is 2.89. The van der Waals surface area contributed by atoms with Crippen LogP contribution in [0.25, 0.3) is 0 Å². The molecule has 2 heterocycles. The fourth-order valence-corrected chi connectivity index (χ4v) is 4.58. The summed E-state index contributed by atoms with van der Waals surface area (Å²) in [4.78, 5) is 2.81. The second kappa shape index (κ2) is 7.23. The molecule has 1 aromatic carbocycles. The Morgan fingerprint density at radius 3 is 2.74 bits per heavy atom. The normalized spacial score (nSPS) is 22.5. The molecule has 1 aliphatic carbocycles. The van der Waals surface area contributed by atoms with Gasteiger partial charge < -0.3 is 10.1 Å². The molecule has 0 radical (unpaired) electrons. The number of fused-ring (bicyclic) bond motifs is 1. The zero-order chi connectivity index (χ0) is 15.5. The number of rotatable bonds is 5. The third-order valence-electron chi connectivity index (χ3n) is 5.93. The van der Waals surface area contributed by atoms with E-state index in [2.05, 4.69) is 28.4 Å². The van der Waals surface area contributed by atoms with Crippen molar-refractivity contribution in [3.63, 3.8) is 0 Å². The summed E-state index contributed by atoms with van der Waals surface area (Å²) in [6.45, 7) is 5.70. The highest BCUT2D eigenvalue weighted by Crippen LogP contribution is 2.30. The molecule has 0 atom stereocenters. The lowest BCUT2D eigenvalue weighted by molar-refractivity contribution is 0.145. The first-order valence-electron chi connectivity index (χ1n) is 9.58. The lowest BCUT2D eigenvalue weighted by Gasteiger charge is -2.34. The average Bonchev–Trinajstić information content (AvgIpc) is 3.26. The topological polar surface area (TPSA) is 24.5 Å². The van der Waals surface area contributed by atoms with Crippen LogP contribution in [0.5, 0.6) is 5.75 Å². The van der Waals surface area contributed by atoms with E-state index >= 15 is 0 Å². The van der Waals surface area contributed by atoms with Crippen LogP contribution in [0.3, 0.4) is 0 Å². The summed E-state index contributed by atoms with van der Waals surface area (Å²) >= 11 is 0. The van der Waals surface area contributed by atoms with E-state index in [1.807, 2.05) is 0 Å². The molecule has 126 valence electrons. The quantitative estimate of drug-likeness (QED) is 0.902. The van der Waals surface area contributed by atoms with Crippen LogP contribution in [0.4, 0.5) is 0 Å². The van der Waals surface area contributed by atoms with Gasteiger partial charge in [-0.2, -0.15) is 0 Å². The Balaban J connectivity index is 1.45. The van der Waals surface area contributed by atoms with Crippen molar-refractivity contribution in [1.29, 1.82) is 0 Å². The van der Waals surface area contributed by atoms with Gasteiger partial charge in [0, 0.05) is 25.6 Å². The van der Waals surface area contributed by atoms with Crippen LogP contribution in [0.1, 0.15) is 49.7 Å². The van der Waals surface area contributed by atoms with Crippen molar-refractivity contribution >= 4 is 0 Å². The summed E-state index contributed by atoms with van der Waals surface area (Å²) in [6.07, 6.45) is 9.43. The third kappa shape index (κ3) is 3.72. The Morgan fingerprint density at radius 2 is 1.91 bits per heavy atom. The highest BCUT2D eigenvalue weighted by molar-refractivity contribution is 5.39. The van der Waals surface area contributed by atoms with Crippen molar-refractivity contribution in [3.8, 4) is 5.75 Å². The highest BCUT2D eigenvalue weighted by Gasteiger charge is 2.26. The molecule has 2 fully saturated rings. The second-order valence-corrected chi connectivity index (χ2v) is 7.60. The van der Waals surface area contributed by atoms with E-state index in [0.717, 1.165) is 37.3 Å². The number of benzene rings is 1. The lowest BCUT2D eigenvalue weighted by Crippen LogP contribution is -2.40. The zero-order valence-electron chi connectivity index (χ0n) is 14.2. The van der Waals surface area contributed by atoms with Crippen molar-refractivity contribution < 1.29 is 4.74 Å². The van der Waals surface area contributed by atoms with Gasteiger partial charge in [0.15, 0.2) is 0 Å². The minimum absolute atomic E-state index is 0.814.